The molecule has 1 aromatic heterocycles. The van der Waals surface area contributed by atoms with Crippen LogP contribution in [0, 0.1) is 11.7 Å². The molecule has 3 heterocycles. The molecule has 5 nitrogen and oxygen atoms in total. The van der Waals surface area contributed by atoms with Crippen LogP contribution >= 0.6 is 0 Å². The van der Waals surface area contributed by atoms with Crippen LogP contribution in [-0.4, -0.2) is 41.5 Å². The molecule has 0 bridgehead atoms. The zero-order valence-electron chi connectivity index (χ0n) is 15.5. The van der Waals surface area contributed by atoms with Crippen LogP contribution in [0.5, 0.6) is 0 Å². The van der Waals surface area contributed by atoms with Crippen molar-refractivity contribution in [3.05, 3.63) is 54.0 Å². The second-order valence-corrected chi connectivity index (χ2v) is 7.47. The highest BCUT2D eigenvalue weighted by Gasteiger charge is 2.35. The molecule has 3 atom stereocenters. The summed E-state index contributed by atoms with van der Waals surface area (Å²) in [5, 5.41) is 0. The standard InChI is InChI=1S/C21H25FN4O/c1-14-17(12-23-25-14)21(27)26-11-5-6-15(13-26)19-9-4-10-20(24-19)16-7-2-3-8-18(16)22/h2-4,7-10,14-15,17,23,25H,5-6,11-13H2,1H3. The number of benzene rings is 1. The van der Waals surface area contributed by atoms with E-state index >= 15 is 0 Å². The minimum Gasteiger partial charge on any atom is -0.342 e. The molecule has 2 fully saturated rings. The minimum atomic E-state index is -0.266. The average molecular weight is 368 g/mol. The lowest BCUT2D eigenvalue weighted by molar-refractivity contribution is -0.136. The van der Waals surface area contributed by atoms with Crippen LogP contribution < -0.4 is 10.9 Å². The smallest absolute Gasteiger partial charge is 0.228 e. The zero-order chi connectivity index (χ0) is 18.8. The molecule has 3 unspecified atom stereocenters. The van der Waals surface area contributed by atoms with Gasteiger partial charge in [-0.1, -0.05) is 18.2 Å². The van der Waals surface area contributed by atoms with Crippen LogP contribution in [0.25, 0.3) is 11.3 Å². The van der Waals surface area contributed by atoms with Crippen LogP contribution in [0.2, 0.25) is 0 Å². The number of carbonyl (C=O) groups excluding carboxylic acids is 1. The Morgan fingerprint density at radius 1 is 1.22 bits per heavy atom. The maximum atomic E-state index is 14.1. The largest absolute Gasteiger partial charge is 0.342 e. The lowest BCUT2D eigenvalue weighted by atomic mass is 9.92. The number of rotatable bonds is 3. The molecule has 0 spiro atoms. The van der Waals surface area contributed by atoms with Crippen molar-refractivity contribution in [1.82, 2.24) is 20.7 Å². The Labute approximate surface area is 159 Å². The normalized spacial score (nSPS) is 25.6. The number of aromatic nitrogens is 1. The van der Waals surface area contributed by atoms with Crippen LogP contribution in [0.15, 0.2) is 42.5 Å². The Morgan fingerprint density at radius 3 is 2.85 bits per heavy atom. The third-order valence-electron chi connectivity index (χ3n) is 5.64. The van der Waals surface area contributed by atoms with E-state index in [0.29, 0.717) is 24.3 Å². The Kier molecular flexibility index (Phi) is 5.18. The number of hydrazine groups is 1. The first kappa shape index (κ1) is 18.1. The summed E-state index contributed by atoms with van der Waals surface area (Å²) in [6.45, 7) is 4.17. The van der Waals surface area contributed by atoms with E-state index in [1.807, 2.05) is 36.1 Å². The van der Waals surface area contributed by atoms with E-state index in [4.69, 9.17) is 4.98 Å². The van der Waals surface area contributed by atoms with Crippen LogP contribution in [0.1, 0.15) is 31.4 Å². The third-order valence-corrected chi connectivity index (χ3v) is 5.64. The van der Waals surface area contributed by atoms with Crippen LogP contribution in [0.3, 0.4) is 0 Å². The summed E-state index contributed by atoms with van der Waals surface area (Å²) in [4.78, 5) is 19.6. The second-order valence-electron chi connectivity index (χ2n) is 7.47. The molecule has 2 aromatic rings. The topological polar surface area (TPSA) is 57.3 Å². The molecule has 2 N–H and O–H groups in total. The number of nitrogens with zero attached hydrogens (tertiary/aromatic N) is 2. The maximum absolute atomic E-state index is 14.1. The fraction of sp³-hybridized carbons (Fsp3) is 0.429. The highest BCUT2D eigenvalue weighted by Crippen LogP contribution is 2.29. The van der Waals surface area contributed by atoms with Gasteiger partial charge in [-0.25, -0.2) is 4.39 Å². The van der Waals surface area contributed by atoms with Gasteiger partial charge >= 0.3 is 0 Å². The molecule has 0 aliphatic carbocycles. The van der Waals surface area contributed by atoms with E-state index in [-0.39, 0.29) is 29.6 Å². The highest BCUT2D eigenvalue weighted by molar-refractivity contribution is 5.80. The Hall–Kier alpha value is -2.31. The van der Waals surface area contributed by atoms with E-state index in [2.05, 4.69) is 10.9 Å². The lowest BCUT2D eigenvalue weighted by Crippen LogP contribution is -2.45. The van der Waals surface area contributed by atoms with Gasteiger partial charge in [0.15, 0.2) is 0 Å². The number of carbonyl (C=O) groups is 1. The summed E-state index contributed by atoms with van der Waals surface area (Å²) in [7, 11) is 0. The first-order chi connectivity index (χ1) is 13.1. The van der Waals surface area contributed by atoms with Gasteiger partial charge in [0, 0.05) is 42.9 Å². The molecule has 4 rings (SSSR count). The molecule has 0 radical (unpaired) electrons. The van der Waals surface area contributed by atoms with Gasteiger partial charge in [-0.15, -0.1) is 0 Å². The van der Waals surface area contributed by atoms with Crippen molar-refractivity contribution in [1.29, 1.82) is 0 Å². The average Bonchev–Trinajstić information content (AvgIpc) is 3.14. The quantitative estimate of drug-likeness (QED) is 0.875. The number of hydrogen-bond acceptors (Lipinski definition) is 4. The molecule has 142 valence electrons. The number of pyridine rings is 1. The Balaban J connectivity index is 1.52. The lowest BCUT2D eigenvalue weighted by Gasteiger charge is -2.34. The van der Waals surface area contributed by atoms with Gasteiger partial charge in [0.05, 0.1) is 11.6 Å². The number of nitrogens with one attached hydrogen (secondary N) is 2. The Morgan fingerprint density at radius 2 is 2.07 bits per heavy atom. The number of likely N-dealkylation sites (tertiary alicyclic amines) is 1. The van der Waals surface area contributed by atoms with Gasteiger partial charge < -0.3 is 4.90 Å². The highest BCUT2D eigenvalue weighted by atomic mass is 19.1. The summed E-state index contributed by atoms with van der Waals surface area (Å²) >= 11 is 0. The molecule has 6 heteroatoms. The van der Waals surface area contributed by atoms with Gasteiger partial charge in [-0.2, -0.15) is 0 Å². The van der Waals surface area contributed by atoms with Crippen molar-refractivity contribution < 1.29 is 9.18 Å². The van der Waals surface area contributed by atoms with E-state index in [0.717, 1.165) is 25.1 Å². The number of piperidine rings is 1. The number of hydrogen-bond donors (Lipinski definition) is 2. The summed E-state index contributed by atoms with van der Waals surface area (Å²) in [5.41, 5.74) is 8.28. The number of amides is 1. The van der Waals surface area contributed by atoms with Gasteiger partial charge in [0.25, 0.3) is 0 Å². The SMILES string of the molecule is CC1NNCC1C(=O)N1CCCC(c2cccc(-c3ccccc3F)n2)C1. The molecular formula is C21H25FN4O. The van der Waals surface area contributed by atoms with E-state index in [1.165, 1.54) is 6.07 Å². The molecular weight excluding hydrogens is 343 g/mol. The molecule has 0 saturated carbocycles. The van der Waals surface area contributed by atoms with Crippen molar-refractivity contribution in [3.8, 4) is 11.3 Å². The summed E-state index contributed by atoms with van der Waals surface area (Å²) in [5.74, 6) is 0.0984. The van der Waals surface area contributed by atoms with Gasteiger partial charge in [0.1, 0.15) is 5.82 Å². The predicted molar refractivity (Wildman–Crippen MR) is 102 cm³/mol. The van der Waals surface area contributed by atoms with Crippen LogP contribution in [-0.2, 0) is 4.79 Å². The van der Waals surface area contributed by atoms with Crippen molar-refractivity contribution in [2.75, 3.05) is 19.6 Å². The predicted octanol–water partition coefficient (Wildman–Crippen LogP) is 2.71. The minimum absolute atomic E-state index is 0.0264. The molecule has 1 aromatic carbocycles. The number of halogens is 1. The van der Waals surface area contributed by atoms with E-state index in [9.17, 15) is 9.18 Å². The molecule has 27 heavy (non-hydrogen) atoms. The van der Waals surface area contributed by atoms with Crippen molar-refractivity contribution in [2.45, 2.75) is 31.7 Å². The fourth-order valence-corrected chi connectivity index (χ4v) is 4.06. The summed E-state index contributed by atoms with van der Waals surface area (Å²) in [6, 6.07) is 12.6. The molecule has 2 aliphatic rings. The first-order valence-corrected chi connectivity index (χ1v) is 9.62. The summed E-state index contributed by atoms with van der Waals surface area (Å²) in [6.07, 6.45) is 1.96. The molecule has 2 saturated heterocycles. The van der Waals surface area contributed by atoms with Crippen LogP contribution in [0.4, 0.5) is 4.39 Å². The zero-order valence-corrected chi connectivity index (χ0v) is 15.5. The van der Waals surface area contributed by atoms with Crippen molar-refractivity contribution in [2.24, 2.45) is 5.92 Å². The van der Waals surface area contributed by atoms with Crippen molar-refractivity contribution >= 4 is 5.91 Å². The first-order valence-electron chi connectivity index (χ1n) is 9.62. The molecule has 2 aliphatic heterocycles. The third kappa shape index (κ3) is 3.73. The Bertz CT molecular complexity index is 827. The van der Waals surface area contributed by atoms with Crippen molar-refractivity contribution in [3.63, 3.8) is 0 Å². The molecule has 1 amide bonds. The maximum Gasteiger partial charge on any atom is 0.228 e. The van der Waals surface area contributed by atoms with Gasteiger partial charge in [-0.3, -0.25) is 20.6 Å². The van der Waals surface area contributed by atoms with Gasteiger partial charge in [0.2, 0.25) is 5.91 Å². The fourth-order valence-electron chi connectivity index (χ4n) is 4.06. The van der Waals surface area contributed by atoms with Gasteiger partial charge in [-0.05, 0) is 44.0 Å². The monoisotopic (exact) mass is 368 g/mol. The second kappa shape index (κ2) is 7.74. The van der Waals surface area contributed by atoms with E-state index < -0.39 is 0 Å². The van der Waals surface area contributed by atoms with E-state index in [1.54, 1.807) is 12.1 Å². The summed E-state index contributed by atoms with van der Waals surface area (Å²) < 4.78 is 14.1.